The number of aliphatic hydroxyl groups excluding tert-OH is 1. The average molecular weight is 174 g/mol. The second-order valence-electron chi connectivity index (χ2n) is 4.01. The first-order valence-corrected chi connectivity index (χ1v) is 4.88. The highest BCUT2D eigenvalue weighted by molar-refractivity contribution is 4.74. The molecule has 2 unspecified atom stereocenters. The van der Waals surface area contributed by atoms with Crippen molar-refractivity contribution >= 4 is 0 Å². The highest BCUT2D eigenvalue weighted by Gasteiger charge is 2.21. The molecule has 0 radical (unpaired) electrons. The van der Waals surface area contributed by atoms with Gasteiger partial charge in [-0.3, -0.25) is 0 Å². The Bertz CT molecular complexity index is 108. The molecule has 12 heavy (non-hydrogen) atoms. The molecule has 0 spiro atoms. The van der Waals surface area contributed by atoms with Gasteiger partial charge in [-0.1, -0.05) is 26.2 Å². The Kier molecular flexibility index (Phi) is 5.51. The Hall–Kier alpha value is -0.0800. The first kappa shape index (κ1) is 11.9. The third-order valence-electron chi connectivity index (χ3n) is 2.05. The quantitative estimate of drug-likeness (QED) is 0.605. The van der Waals surface area contributed by atoms with Crippen LogP contribution >= 0.6 is 0 Å². The molecule has 2 nitrogen and oxygen atoms in total. The van der Waals surface area contributed by atoms with Crippen LogP contribution in [0.15, 0.2) is 0 Å². The maximum Gasteiger partial charge on any atom is 0.0644 e. The Morgan fingerprint density at radius 1 is 1.33 bits per heavy atom. The molecule has 0 aliphatic heterocycles. The molecule has 0 rings (SSSR count). The van der Waals surface area contributed by atoms with E-state index in [4.69, 9.17) is 5.11 Å². The Balaban J connectivity index is 3.56. The van der Waals surface area contributed by atoms with E-state index in [0.29, 0.717) is 6.42 Å². The van der Waals surface area contributed by atoms with E-state index in [1.165, 1.54) is 6.42 Å². The van der Waals surface area contributed by atoms with Crippen molar-refractivity contribution in [2.24, 2.45) is 0 Å². The monoisotopic (exact) mass is 174 g/mol. The van der Waals surface area contributed by atoms with Crippen molar-refractivity contribution in [1.29, 1.82) is 0 Å². The standard InChI is InChI=1S/C10H22O2/c1-4-5-6-7-10(3,12)8-9(2)11/h9,11-12H,4-8H2,1-3H3. The highest BCUT2D eigenvalue weighted by Crippen LogP contribution is 2.19. The molecule has 0 aromatic rings. The maximum atomic E-state index is 9.75. The van der Waals surface area contributed by atoms with Crippen LogP contribution in [0.2, 0.25) is 0 Å². The molecule has 2 N–H and O–H groups in total. The van der Waals surface area contributed by atoms with Gasteiger partial charge in [-0.2, -0.15) is 0 Å². The fourth-order valence-electron chi connectivity index (χ4n) is 1.49. The van der Waals surface area contributed by atoms with Crippen LogP contribution in [0, 0.1) is 0 Å². The predicted molar refractivity (Wildman–Crippen MR) is 51.1 cm³/mol. The fraction of sp³-hybridized carbons (Fsp3) is 1.00. The summed E-state index contributed by atoms with van der Waals surface area (Å²) in [5.74, 6) is 0. The SMILES string of the molecule is CCCCCC(C)(O)CC(C)O. The van der Waals surface area contributed by atoms with Crippen LogP contribution < -0.4 is 0 Å². The van der Waals surface area contributed by atoms with Crippen LogP contribution in [0.5, 0.6) is 0 Å². The molecule has 74 valence electrons. The number of rotatable bonds is 6. The second kappa shape index (κ2) is 5.55. The zero-order valence-electron chi connectivity index (χ0n) is 8.51. The molecule has 0 fully saturated rings. The van der Waals surface area contributed by atoms with E-state index in [-0.39, 0.29) is 0 Å². The van der Waals surface area contributed by atoms with Gasteiger partial charge in [0, 0.05) is 6.42 Å². The molecule has 0 aliphatic rings. The minimum Gasteiger partial charge on any atom is -0.393 e. The van der Waals surface area contributed by atoms with E-state index in [1.807, 2.05) is 0 Å². The summed E-state index contributed by atoms with van der Waals surface area (Å²) in [5, 5.41) is 18.8. The van der Waals surface area contributed by atoms with Crippen molar-refractivity contribution < 1.29 is 10.2 Å². The minimum absolute atomic E-state index is 0.401. The normalized spacial score (nSPS) is 18.8. The number of aliphatic hydroxyl groups is 2. The summed E-state index contributed by atoms with van der Waals surface area (Å²) < 4.78 is 0. The van der Waals surface area contributed by atoms with Gasteiger partial charge in [0.15, 0.2) is 0 Å². The van der Waals surface area contributed by atoms with Gasteiger partial charge in [-0.25, -0.2) is 0 Å². The lowest BCUT2D eigenvalue weighted by Gasteiger charge is -2.24. The summed E-state index contributed by atoms with van der Waals surface area (Å²) in [7, 11) is 0. The van der Waals surface area contributed by atoms with Gasteiger partial charge in [-0.15, -0.1) is 0 Å². The fourth-order valence-corrected chi connectivity index (χ4v) is 1.49. The Morgan fingerprint density at radius 3 is 2.33 bits per heavy atom. The minimum atomic E-state index is -0.677. The molecular weight excluding hydrogens is 152 g/mol. The van der Waals surface area contributed by atoms with E-state index in [0.717, 1.165) is 19.3 Å². The summed E-state index contributed by atoms with van der Waals surface area (Å²) in [5.41, 5.74) is -0.677. The first-order valence-electron chi connectivity index (χ1n) is 4.88. The lowest BCUT2D eigenvalue weighted by Crippen LogP contribution is -2.28. The molecule has 0 aromatic heterocycles. The van der Waals surface area contributed by atoms with Crippen molar-refractivity contribution in [2.45, 2.75) is 64.6 Å². The van der Waals surface area contributed by atoms with Crippen LogP contribution in [-0.2, 0) is 0 Å². The topological polar surface area (TPSA) is 40.5 Å². The van der Waals surface area contributed by atoms with Crippen molar-refractivity contribution in [2.75, 3.05) is 0 Å². The first-order chi connectivity index (χ1) is 5.48. The van der Waals surface area contributed by atoms with E-state index in [9.17, 15) is 5.11 Å². The summed E-state index contributed by atoms with van der Waals surface area (Å²) in [4.78, 5) is 0. The third kappa shape index (κ3) is 6.62. The van der Waals surface area contributed by atoms with Crippen molar-refractivity contribution in [3.63, 3.8) is 0 Å². The van der Waals surface area contributed by atoms with Gasteiger partial charge >= 0.3 is 0 Å². The van der Waals surface area contributed by atoms with Gasteiger partial charge < -0.3 is 10.2 Å². The second-order valence-corrected chi connectivity index (χ2v) is 4.01. The highest BCUT2D eigenvalue weighted by atomic mass is 16.3. The van der Waals surface area contributed by atoms with Crippen LogP contribution in [-0.4, -0.2) is 21.9 Å². The van der Waals surface area contributed by atoms with E-state index >= 15 is 0 Å². The van der Waals surface area contributed by atoms with Crippen LogP contribution in [0.4, 0.5) is 0 Å². The zero-order chi connectivity index (χ0) is 9.61. The molecule has 0 saturated heterocycles. The molecule has 2 heteroatoms. The number of hydrogen-bond acceptors (Lipinski definition) is 2. The van der Waals surface area contributed by atoms with Gasteiger partial charge in [0.25, 0.3) is 0 Å². The lowest BCUT2D eigenvalue weighted by molar-refractivity contribution is 0.000988. The van der Waals surface area contributed by atoms with Crippen molar-refractivity contribution in [1.82, 2.24) is 0 Å². The third-order valence-corrected chi connectivity index (χ3v) is 2.05. The molecule has 0 saturated carbocycles. The van der Waals surface area contributed by atoms with Gasteiger partial charge in [0.05, 0.1) is 11.7 Å². The van der Waals surface area contributed by atoms with Crippen LogP contribution in [0.25, 0.3) is 0 Å². The molecule has 0 heterocycles. The average Bonchev–Trinajstić information content (AvgIpc) is 1.84. The molecule has 0 aliphatic carbocycles. The number of unbranched alkanes of at least 4 members (excludes halogenated alkanes) is 2. The zero-order valence-corrected chi connectivity index (χ0v) is 8.51. The Morgan fingerprint density at radius 2 is 1.92 bits per heavy atom. The van der Waals surface area contributed by atoms with Gasteiger partial charge in [0.1, 0.15) is 0 Å². The van der Waals surface area contributed by atoms with Crippen LogP contribution in [0.3, 0.4) is 0 Å². The van der Waals surface area contributed by atoms with Crippen molar-refractivity contribution in [3.8, 4) is 0 Å². The largest absolute Gasteiger partial charge is 0.393 e. The molecular formula is C10H22O2. The van der Waals surface area contributed by atoms with Gasteiger partial charge in [-0.05, 0) is 20.3 Å². The molecule has 2 atom stereocenters. The number of hydrogen-bond donors (Lipinski definition) is 2. The van der Waals surface area contributed by atoms with Crippen molar-refractivity contribution in [3.05, 3.63) is 0 Å². The summed E-state index contributed by atoms with van der Waals surface area (Å²) in [6.45, 7) is 5.66. The van der Waals surface area contributed by atoms with E-state index < -0.39 is 11.7 Å². The lowest BCUT2D eigenvalue weighted by atomic mass is 9.92. The summed E-state index contributed by atoms with van der Waals surface area (Å²) in [6, 6.07) is 0. The molecule has 0 aromatic carbocycles. The Labute approximate surface area is 75.6 Å². The van der Waals surface area contributed by atoms with E-state index in [2.05, 4.69) is 6.92 Å². The molecule has 0 amide bonds. The summed E-state index contributed by atoms with van der Waals surface area (Å²) in [6.07, 6.45) is 4.26. The van der Waals surface area contributed by atoms with E-state index in [1.54, 1.807) is 13.8 Å². The van der Waals surface area contributed by atoms with Gasteiger partial charge in [0.2, 0.25) is 0 Å². The smallest absolute Gasteiger partial charge is 0.0644 e. The van der Waals surface area contributed by atoms with Crippen LogP contribution in [0.1, 0.15) is 52.9 Å². The molecule has 0 bridgehead atoms. The maximum absolute atomic E-state index is 9.75. The predicted octanol–water partition coefficient (Wildman–Crippen LogP) is 2.09. The summed E-state index contributed by atoms with van der Waals surface area (Å²) >= 11 is 0.